The molecule has 88 valence electrons. The van der Waals surface area contributed by atoms with Gasteiger partial charge in [0.05, 0.1) is 13.2 Å². The molecule has 4 nitrogen and oxygen atoms in total. The molecule has 1 aromatic rings. The van der Waals surface area contributed by atoms with E-state index in [0.29, 0.717) is 12.2 Å². The third-order valence-electron chi connectivity index (χ3n) is 2.22. The van der Waals surface area contributed by atoms with Crippen LogP contribution in [0.1, 0.15) is 25.3 Å². The molecule has 0 atom stereocenters. The summed E-state index contributed by atoms with van der Waals surface area (Å²) in [6.07, 6.45) is 2.13. The fourth-order valence-electron chi connectivity index (χ4n) is 1.26. The fourth-order valence-corrected chi connectivity index (χ4v) is 1.26. The maximum absolute atomic E-state index is 8.90. The van der Waals surface area contributed by atoms with Crippen molar-refractivity contribution < 1.29 is 15.1 Å². The zero-order chi connectivity index (χ0) is 11.8. The monoisotopic (exact) mass is 223 g/mol. The molecule has 0 unspecified atom stereocenters. The average Bonchev–Trinajstić information content (AvgIpc) is 2.33. The van der Waals surface area contributed by atoms with Crippen LogP contribution in [-0.4, -0.2) is 29.2 Å². The van der Waals surface area contributed by atoms with Crippen LogP contribution in [0.25, 0.3) is 0 Å². The van der Waals surface area contributed by atoms with Gasteiger partial charge >= 0.3 is 0 Å². The van der Waals surface area contributed by atoms with E-state index in [-0.39, 0.29) is 12.3 Å². The van der Waals surface area contributed by atoms with E-state index in [1.165, 1.54) is 0 Å². The van der Waals surface area contributed by atoms with Crippen molar-refractivity contribution in [3.63, 3.8) is 0 Å². The Bertz CT molecular complexity index is 333. The Hall–Kier alpha value is -1.55. The highest BCUT2D eigenvalue weighted by Gasteiger charge is 2.02. The molecule has 4 heteroatoms. The molecule has 1 rings (SSSR count). The summed E-state index contributed by atoms with van der Waals surface area (Å²) in [5, 5.41) is 20.5. The molecular formula is C12H17NO3. The van der Waals surface area contributed by atoms with Crippen molar-refractivity contribution in [3.8, 4) is 5.75 Å². The molecule has 0 amide bonds. The molecular weight excluding hydrogens is 206 g/mol. The number of ether oxygens (including phenoxy) is 1. The van der Waals surface area contributed by atoms with Gasteiger partial charge in [-0.15, -0.1) is 0 Å². The minimum absolute atomic E-state index is 0.250. The number of benzene rings is 1. The van der Waals surface area contributed by atoms with Gasteiger partial charge in [-0.1, -0.05) is 18.5 Å². The quantitative estimate of drug-likeness (QED) is 0.336. The van der Waals surface area contributed by atoms with Crippen LogP contribution in [0, 0.1) is 0 Å². The third kappa shape index (κ3) is 3.55. The fraction of sp³-hybridized carbons (Fsp3) is 0.417. The second-order valence-corrected chi connectivity index (χ2v) is 3.43. The minimum atomic E-state index is -0.285. The van der Waals surface area contributed by atoms with Gasteiger partial charge in [0.2, 0.25) is 0 Å². The molecule has 0 saturated heterocycles. The average molecular weight is 223 g/mol. The molecule has 0 bridgehead atoms. The molecule has 0 aliphatic rings. The van der Waals surface area contributed by atoms with Crippen LogP contribution in [0.5, 0.6) is 5.75 Å². The molecule has 2 N–H and O–H groups in total. The molecule has 0 fully saturated rings. The molecule has 0 aromatic heterocycles. The number of unbranched alkanes of at least 4 members (excludes halogenated alkanes) is 1. The molecule has 0 heterocycles. The third-order valence-corrected chi connectivity index (χ3v) is 2.22. The second-order valence-electron chi connectivity index (χ2n) is 3.43. The lowest BCUT2D eigenvalue weighted by Crippen LogP contribution is -2.06. The Morgan fingerprint density at radius 2 is 2.00 bits per heavy atom. The van der Waals surface area contributed by atoms with Crippen molar-refractivity contribution in [3.05, 3.63) is 29.8 Å². The predicted octanol–water partition coefficient (Wildman–Crippen LogP) is 2.04. The normalized spacial score (nSPS) is 11.5. The zero-order valence-electron chi connectivity index (χ0n) is 9.39. The van der Waals surface area contributed by atoms with Crippen molar-refractivity contribution in [1.82, 2.24) is 0 Å². The molecule has 0 aliphatic carbocycles. The minimum Gasteiger partial charge on any atom is -0.494 e. The summed E-state index contributed by atoms with van der Waals surface area (Å²) in [6.45, 7) is 2.53. The Balaban J connectivity index is 2.60. The van der Waals surface area contributed by atoms with Gasteiger partial charge in [0, 0.05) is 5.56 Å². The van der Waals surface area contributed by atoms with E-state index in [4.69, 9.17) is 15.1 Å². The first kappa shape index (κ1) is 12.5. The molecule has 1 aromatic carbocycles. The van der Waals surface area contributed by atoms with E-state index < -0.39 is 0 Å². The SMILES string of the molecule is CCCCOc1ccc(C(CO)=NO)cc1. The second kappa shape index (κ2) is 6.85. The van der Waals surface area contributed by atoms with E-state index in [1.54, 1.807) is 24.3 Å². The first-order chi connectivity index (χ1) is 7.81. The number of aliphatic hydroxyl groups is 1. The van der Waals surface area contributed by atoms with Gasteiger partial charge in [-0.2, -0.15) is 0 Å². The molecule has 0 saturated carbocycles. The first-order valence-electron chi connectivity index (χ1n) is 5.36. The summed E-state index contributed by atoms with van der Waals surface area (Å²) in [5.74, 6) is 0.785. The Morgan fingerprint density at radius 3 is 2.50 bits per heavy atom. The lowest BCUT2D eigenvalue weighted by molar-refractivity contribution is 0.303. The topological polar surface area (TPSA) is 62.0 Å². The van der Waals surface area contributed by atoms with Crippen LogP contribution < -0.4 is 4.74 Å². The number of hydrogen-bond donors (Lipinski definition) is 2. The lowest BCUT2D eigenvalue weighted by atomic mass is 10.1. The lowest BCUT2D eigenvalue weighted by Gasteiger charge is -2.06. The Labute approximate surface area is 95.2 Å². The van der Waals surface area contributed by atoms with Gasteiger partial charge < -0.3 is 15.1 Å². The number of aliphatic hydroxyl groups excluding tert-OH is 1. The standard InChI is InChI=1S/C12H17NO3/c1-2-3-8-16-11-6-4-10(5-7-11)12(9-14)13-15/h4-7,14-15H,2-3,8-9H2,1H3. The zero-order valence-corrected chi connectivity index (χ0v) is 9.39. The van der Waals surface area contributed by atoms with Crippen LogP contribution >= 0.6 is 0 Å². The molecule has 0 spiro atoms. The summed E-state index contributed by atoms with van der Waals surface area (Å²) in [7, 11) is 0. The van der Waals surface area contributed by atoms with Crippen molar-refractivity contribution in [1.29, 1.82) is 0 Å². The molecule has 16 heavy (non-hydrogen) atoms. The highest BCUT2D eigenvalue weighted by molar-refractivity contribution is 6.01. The predicted molar refractivity (Wildman–Crippen MR) is 62.3 cm³/mol. The van der Waals surface area contributed by atoms with E-state index in [2.05, 4.69) is 12.1 Å². The van der Waals surface area contributed by atoms with E-state index in [1.807, 2.05) is 0 Å². The van der Waals surface area contributed by atoms with Crippen LogP contribution in [0.2, 0.25) is 0 Å². The van der Waals surface area contributed by atoms with E-state index >= 15 is 0 Å². The van der Waals surface area contributed by atoms with E-state index in [0.717, 1.165) is 18.6 Å². The van der Waals surface area contributed by atoms with Crippen molar-refractivity contribution in [2.24, 2.45) is 5.16 Å². The highest BCUT2D eigenvalue weighted by Crippen LogP contribution is 2.13. The number of hydrogen-bond acceptors (Lipinski definition) is 4. The number of oxime groups is 1. The largest absolute Gasteiger partial charge is 0.494 e. The van der Waals surface area contributed by atoms with Gasteiger partial charge in [0.15, 0.2) is 0 Å². The van der Waals surface area contributed by atoms with Gasteiger partial charge in [-0.3, -0.25) is 0 Å². The summed E-state index contributed by atoms with van der Waals surface area (Å²) in [6, 6.07) is 7.11. The summed E-state index contributed by atoms with van der Waals surface area (Å²) < 4.78 is 5.48. The Morgan fingerprint density at radius 1 is 1.31 bits per heavy atom. The van der Waals surface area contributed by atoms with Crippen molar-refractivity contribution >= 4 is 5.71 Å². The Kier molecular flexibility index (Phi) is 5.36. The van der Waals surface area contributed by atoms with Crippen LogP contribution in [0.4, 0.5) is 0 Å². The van der Waals surface area contributed by atoms with E-state index in [9.17, 15) is 0 Å². The summed E-state index contributed by atoms with van der Waals surface area (Å²) in [4.78, 5) is 0. The first-order valence-corrected chi connectivity index (χ1v) is 5.36. The summed E-state index contributed by atoms with van der Waals surface area (Å²) in [5.41, 5.74) is 0.938. The van der Waals surface area contributed by atoms with Gasteiger partial charge in [-0.25, -0.2) is 0 Å². The number of nitrogens with zero attached hydrogens (tertiary/aromatic N) is 1. The van der Waals surface area contributed by atoms with Crippen LogP contribution in [0.15, 0.2) is 29.4 Å². The molecule has 0 radical (unpaired) electrons. The number of rotatable bonds is 6. The maximum Gasteiger partial charge on any atom is 0.119 e. The maximum atomic E-state index is 8.90. The van der Waals surface area contributed by atoms with Crippen molar-refractivity contribution in [2.75, 3.05) is 13.2 Å². The smallest absolute Gasteiger partial charge is 0.119 e. The van der Waals surface area contributed by atoms with Gasteiger partial charge in [0.1, 0.15) is 11.5 Å². The van der Waals surface area contributed by atoms with Crippen LogP contribution in [-0.2, 0) is 0 Å². The van der Waals surface area contributed by atoms with Crippen molar-refractivity contribution in [2.45, 2.75) is 19.8 Å². The van der Waals surface area contributed by atoms with Gasteiger partial charge in [0.25, 0.3) is 0 Å². The highest BCUT2D eigenvalue weighted by atomic mass is 16.5. The van der Waals surface area contributed by atoms with Crippen LogP contribution in [0.3, 0.4) is 0 Å². The van der Waals surface area contributed by atoms with Gasteiger partial charge in [-0.05, 0) is 30.7 Å². The molecule has 0 aliphatic heterocycles. The summed E-state index contributed by atoms with van der Waals surface area (Å²) >= 11 is 0.